The summed E-state index contributed by atoms with van der Waals surface area (Å²) in [4.78, 5) is 26.2. The number of benzene rings is 2. The molecular formula is C22H23F3N2O5. The largest absolute Gasteiger partial charge is 0.497 e. The van der Waals surface area contributed by atoms with Crippen LogP contribution in [0.1, 0.15) is 22.8 Å². The van der Waals surface area contributed by atoms with E-state index in [0.29, 0.717) is 37.7 Å². The van der Waals surface area contributed by atoms with Crippen molar-refractivity contribution in [2.75, 3.05) is 50.2 Å². The number of ketones is 1. The maximum Gasteiger partial charge on any atom is 0.416 e. The standard InChI is InChI=1S/C22H23F3N2O5/c1-14(28)17-5-4-16(30-2)12-20(17)32-13-21(29)26-18-11-15(22(23,24)25)3-6-19(18)27-7-9-31-10-8-27/h3-6,11-12H,7-10,13H2,1-2H3,(H,26,29). The van der Waals surface area contributed by atoms with Crippen LogP contribution in [0.5, 0.6) is 11.5 Å². The predicted octanol–water partition coefficient (Wildman–Crippen LogP) is 3.77. The maximum absolute atomic E-state index is 13.2. The van der Waals surface area contributed by atoms with Gasteiger partial charge in [-0.1, -0.05) is 0 Å². The van der Waals surface area contributed by atoms with E-state index in [4.69, 9.17) is 14.2 Å². The maximum atomic E-state index is 13.2. The number of amides is 1. The Bertz CT molecular complexity index is 988. The van der Waals surface area contributed by atoms with Crippen LogP contribution in [-0.2, 0) is 15.7 Å². The molecule has 172 valence electrons. The highest BCUT2D eigenvalue weighted by Gasteiger charge is 2.32. The minimum absolute atomic E-state index is 0.0211. The van der Waals surface area contributed by atoms with Crippen LogP contribution in [-0.4, -0.2) is 51.7 Å². The van der Waals surface area contributed by atoms with Crippen molar-refractivity contribution in [2.24, 2.45) is 0 Å². The molecule has 1 N–H and O–H groups in total. The van der Waals surface area contributed by atoms with Gasteiger partial charge in [-0.3, -0.25) is 9.59 Å². The Morgan fingerprint density at radius 2 is 1.84 bits per heavy atom. The zero-order chi connectivity index (χ0) is 23.3. The van der Waals surface area contributed by atoms with Crippen molar-refractivity contribution in [1.82, 2.24) is 0 Å². The second-order valence-corrected chi connectivity index (χ2v) is 7.08. The van der Waals surface area contributed by atoms with Crippen LogP contribution in [0.25, 0.3) is 0 Å². The van der Waals surface area contributed by atoms with E-state index in [1.54, 1.807) is 6.07 Å². The number of ether oxygens (including phenoxy) is 3. The number of morpholine rings is 1. The fraction of sp³-hybridized carbons (Fsp3) is 0.364. The molecule has 0 aliphatic carbocycles. The number of nitrogens with one attached hydrogen (secondary N) is 1. The third-order valence-electron chi connectivity index (χ3n) is 4.88. The van der Waals surface area contributed by atoms with Crippen molar-refractivity contribution in [3.63, 3.8) is 0 Å². The Morgan fingerprint density at radius 3 is 2.47 bits per heavy atom. The van der Waals surface area contributed by atoms with Gasteiger partial charge in [0.15, 0.2) is 12.4 Å². The Hall–Kier alpha value is -3.27. The summed E-state index contributed by atoms with van der Waals surface area (Å²) >= 11 is 0. The van der Waals surface area contributed by atoms with Crippen molar-refractivity contribution in [1.29, 1.82) is 0 Å². The number of hydrogen-bond donors (Lipinski definition) is 1. The lowest BCUT2D eigenvalue weighted by atomic mass is 10.1. The number of alkyl halides is 3. The number of carbonyl (C=O) groups excluding carboxylic acids is 2. The highest BCUT2D eigenvalue weighted by molar-refractivity contribution is 5.98. The van der Waals surface area contributed by atoms with Gasteiger partial charge in [0.2, 0.25) is 0 Å². The summed E-state index contributed by atoms with van der Waals surface area (Å²) in [6.07, 6.45) is -4.56. The van der Waals surface area contributed by atoms with Gasteiger partial charge in [-0.25, -0.2) is 0 Å². The van der Waals surface area contributed by atoms with E-state index in [0.717, 1.165) is 12.1 Å². The Balaban J connectivity index is 1.80. The molecule has 10 heteroatoms. The first kappa shape index (κ1) is 23.4. The first-order valence-electron chi connectivity index (χ1n) is 9.84. The lowest BCUT2D eigenvalue weighted by Crippen LogP contribution is -2.37. The number of methoxy groups -OCH3 is 1. The Labute approximate surface area is 183 Å². The zero-order valence-electron chi connectivity index (χ0n) is 17.6. The van der Waals surface area contributed by atoms with Crippen molar-refractivity contribution >= 4 is 23.1 Å². The molecule has 7 nitrogen and oxygen atoms in total. The molecule has 0 atom stereocenters. The Morgan fingerprint density at radius 1 is 1.12 bits per heavy atom. The van der Waals surface area contributed by atoms with E-state index >= 15 is 0 Å². The summed E-state index contributed by atoms with van der Waals surface area (Å²) in [7, 11) is 1.44. The number of halogens is 3. The van der Waals surface area contributed by atoms with Crippen molar-refractivity contribution in [2.45, 2.75) is 13.1 Å². The minimum Gasteiger partial charge on any atom is -0.497 e. The summed E-state index contributed by atoms with van der Waals surface area (Å²) in [5.41, 5.74) is -0.141. The molecule has 32 heavy (non-hydrogen) atoms. The van der Waals surface area contributed by atoms with Crippen LogP contribution in [0.2, 0.25) is 0 Å². The number of rotatable bonds is 7. The van der Waals surface area contributed by atoms with E-state index in [-0.39, 0.29) is 22.8 Å². The highest BCUT2D eigenvalue weighted by Crippen LogP contribution is 2.36. The molecule has 3 rings (SSSR count). The fourth-order valence-corrected chi connectivity index (χ4v) is 3.26. The molecule has 0 radical (unpaired) electrons. The van der Waals surface area contributed by atoms with Gasteiger partial charge in [-0.15, -0.1) is 0 Å². The van der Waals surface area contributed by atoms with Crippen molar-refractivity contribution < 1.29 is 37.0 Å². The lowest BCUT2D eigenvalue weighted by Gasteiger charge is -2.31. The molecule has 1 aliphatic rings. The first-order valence-corrected chi connectivity index (χ1v) is 9.84. The van der Waals surface area contributed by atoms with Crippen LogP contribution in [0.3, 0.4) is 0 Å². The average molecular weight is 452 g/mol. The van der Waals surface area contributed by atoms with Gasteiger partial charge in [0.05, 0.1) is 42.8 Å². The molecule has 0 aromatic heterocycles. The van der Waals surface area contributed by atoms with Gasteiger partial charge in [0.25, 0.3) is 5.91 Å². The third kappa shape index (κ3) is 5.70. The third-order valence-corrected chi connectivity index (χ3v) is 4.88. The lowest BCUT2D eigenvalue weighted by molar-refractivity contribution is -0.137. The molecule has 1 saturated heterocycles. The molecule has 0 bridgehead atoms. The van der Waals surface area contributed by atoms with Gasteiger partial charge in [0, 0.05) is 19.2 Å². The molecule has 1 aliphatic heterocycles. The smallest absolute Gasteiger partial charge is 0.416 e. The monoisotopic (exact) mass is 452 g/mol. The molecule has 1 amide bonds. The molecule has 0 spiro atoms. The van der Waals surface area contributed by atoms with E-state index in [1.807, 2.05) is 4.90 Å². The van der Waals surface area contributed by atoms with Gasteiger partial charge in [-0.05, 0) is 37.3 Å². The van der Waals surface area contributed by atoms with Crippen LogP contribution in [0.15, 0.2) is 36.4 Å². The second kappa shape index (κ2) is 9.90. The molecule has 2 aromatic rings. The van der Waals surface area contributed by atoms with Crippen LogP contribution in [0.4, 0.5) is 24.5 Å². The SMILES string of the molecule is COc1ccc(C(C)=O)c(OCC(=O)Nc2cc(C(F)(F)F)ccc2N2CCOCC2)c1. The topological polar surface area (TPSA) is 77.1 Å². The van der Waals surface area contributed by atoms with Crippen molar-refractivity contribution in [3.8, 4) is 11.5 Å². The number of hydrogen-bond acceptors (Lipinski definition) is 6. The Kier molecular flexibility index (Phi) is 7.24. The fourth-order valence-electron chi connectivity index (χ4n) is 3.26. The van der Waals surface area contributed by atoms with E-state index in [9.17, 15) is 22.8 Å². The van der Waals surface area contributed by atoms with Crippen LogP contribution >= 0.6 is 0 Å². The number of anilines is 2. The number of nitrogens with zero attached hydrogens (tertiary/aromatic N) is 1. The summed E-state index contributed by atoms with van der Waals surface area (Å²) in [5.74, 6) is -0.367. The number of Topliss-reactive ketones (excluding diaryl/α,β-unsaturated/α-hetero) is 1. The summed E-state index contributed by atoms with van der Waals surface area (Å²) in [5, 5.41) is 2.51. The molecule has 1 fully saturated rings. The normalized spacial score (nSPS) is 14.1. The summed E-state index contributed by atoms with van der Waals surface area (Å²) in [6, 6.07) is 7.77. The predicted molar refractivity (Wildman–Crippen MR) is 112 cm³/mol. The van der Waals surface area contributed by atoms with E-state index < -0.39 is 24.3 Å². The van der Waals surface area contributed by atoms with E-state index in [1.165, 1.54) is 32.2 Å². The highest BCUT2D eigenvalue weighted by atomic mass is 19.4. The van der Waals surface area contributed by atoms with Gasteiger partial charge >= 0.3 is 6.18 Å². The first-order chi connectivity index (χ1) is 15.2. The quantitative estimate of drug-likeness (QED) is 0.645. The minimum atomic E-state index is -4.56. The van der Waals surface area contributed by atoms with Gasteiger partial charge in [0.1, 0.15) is 11.5 Å². The summed E-state index contributed by atoms with van der Waals surface area (Å²) < 4.78 is 55.6. The van der Waals surface area contributed by atoms with Crippen LogP contribution in [0, 0.1) is 0 Å². The van der Waals surface area contributed by atoms with Gasteiger partial charge in [-0.2, -0.15) is 13.2 Å². The van der Waals surface area contributed by atoms with E-state index in [2.05, 4.69) is 5.32 Å². The molecule has 1 heterocycles. The average Bonchev–Trinajstić information content (AvgIpc) is 2.77. The molecule has 0 saturated carbocycles. The number of carbonyl (C=O) groups is 2. The summed E-state index contributed by atoms with van der Waals surface area (Å²) in [6.45, 7) is 2.67. The molecule has 2 aromatic carbocycles. The van der Waals surface area contributed by atoms with Gasteiger partial charge < -0.3 is 24.4 Å². The zero-order valence-corrected chi connectivity index (χ0v) is 17.6. The molecule has 0 unspecified atom stereocenters. The van der Waals surface area contributed by atoms with Crippen LogP contribution < -0.4 is 19.7 Å². The van der Waals surface area contributed by atoms with Crippen molar-refractivity contribution in [3.05, 3.63) is 47.5 Å². The second-order valence-electron chi connectivity index (χ2n) is 7.08. The molecular weight excluding hydrogens is 429 g/mol.